The summed E-state index contributed by atoms with van der Waals surface area (Å²) >= 11 is 0. The molecule has 258 valence electrons. The number of aromatic hydroxyl groups is 2. The highest BCUT2D eigenvalue weighted by atomic mass is 16.3. The number of fused-ring (bicyclic) bond motifs is 7. The SMILES string of the molecule is Oc1ccc(C2(c3ccc(O)c4ccccc34)c3ccc(-c4cccc5ccccc45)cc3-c3cc(-c4cccc5ccccc45)ccc32)c2ccccc12. The summed E-state index contributed by atoms with van der Waals surface area (Å²) in [6.07, 6.45) is 0. The number of benzene rings is 10. The Balaban J connectivity index is 1.31. The highest BCUT2D eigenvalue weighted by Crippen LogP contribution is 2.60. The fraction of sp³-hybridized carbons (Fsp3) is 0.0189. The van der Waals surface area contributed by atoms with Gasteiger partial charge in [-0.1, -0.05) is 170 Å². The lowest BCUT2D eigenvalue weighted by atomic mass is 9.65. The molecule has 10 aromatic carbocycles. The molecule has 2 N–H and O–H groups in total. The summed E-state index contributed by atoms with van der Waals surface area (Å²) in [5.74, 6) is 0.502. The molecular weight excluding hydrogens is 669 g/mol. The zero-order valence-electron chi connectivity index (χ0n) is 29.9. The van der Waals surface area contributed by atoms with Gasteiger partial charge in [0.1, 0.15) is 11.5 Å². The van der Waals surface area contributed by atoms with Crippen LogP contribution < -0.4 is 0 Å². The quantitative estimate of drug-likeness (QED) is 0.192. The normalized spacial score (nSPS) is 13.0. The van der Waals surface area contributed by atoms with E-state index in [0.717, 1.165) is 66.1 Å². The standard InChI is InChI=1S/C53H34O2/c54-51-29-27-47(41-17-5-7-19-43(41)51)53(48-28-30-52(55)44-20-8-6-18-42(44)48)49-25-23-35(39-21-9-13-33-11-1-3-15-37(33)39)31-45(49)46-32-36(24-26-50(46)53)40-22-10-14-34-12-2-4-16-38(34)40/h1-32,54-55H. The smallest absolute Gasteiger partial charge is 0.123 e. The minimum Gasteiger partial charge on any atom is -0.507 e. The monoisotopic (exact) mass is 702 g/mol. The first-order chi connectivity index (χ1) is 27.1. The van der Waals surface area contributed by atoms with Gasteiger partial charge in [0.15, 0.2) is 0 Å². The number of rotatable bonds is 4. The van der Waals surface area contributed by atoms with Gasteiger partial charge in [-0.2, -0.15) is 0 Å². The van der Waals surface area contributed by atoms with Crippen LogP contribution in [0.5, 0.6) is 11.5 Å². The molecule has 0 saturated carbocycles. The molecule has 0 atom stereocenters. The summed E-state index contributed by atoms with van der Waals surface area (Å²) in [5.41, 5.74) is 10.7. The van der Waals surface area contributed by atoms with Crippen molar-refractivity contribution in [1.82, 2.24) is 0 Å². The Kier molecular flexibility index (Phi) is 6.80. The molecule has 0 heterocycles. The lowest BCUT2D eigenvalue weighted by Crippen LogP contribution is -2.29. The predicted octanol–water partition coefficient (Wildman–Crippen LogP) is 13.4. The van der Waals surface area contributed by atoms with Gasteiger partial charge in [-0.25, -0.2) is 0 Å². The zero-order valence-corrected chi connectivity index (χ0v) is 29.9. The minimum atomic E-state index is -0.806. The van der Waals surface area contributed by atoms with Crippen LogP contribution in [-0.2, 0) is 5.41 Å². The molecule has 0 aromatic heterocycles. The Morgan fingerprint density at radius 3 is 1.09 bits per heavy atom. The van der Waals surface area contributed by atoms with E-state index in [2.05, 4.69) is 158 Å². The summed E-state index contributed by atoms with van der Waals surface area (Å²) in [4.78, 5) is 0. The van der Waals surface area contributed by atoms with Crippen LogP contribution in [0.2, 0.25) is 0 Å². The van der Waals surface area contributed by atoms with Crippen molar-refractivity contribution in [1.29, 1.82) is 0 Å². The Hall–Kier alpha value is -7.16. The van der Waals surface area contributed by atoms with E-state index in [-0.39, 0.29) is 11.5 Å². The lowest BCUT2D eigenvalue weighted by molar-refractivity contribution is 0.481. The molecule has 1 aliphatic rings. The first kappa shape index (κ1) is 31.4. The van der Waals surface area contributed by atoms with E-state index in [0.29, 0.717) is 0 Å². The molecule has 0 radical (unpaired) electrons. The first-order valence-electron chi connectivity index (χ1n) is 18.8. The third-order valence-electron chi connectivity index (χ3n) is 11.9. The van der Waals surface area contributed by atoms with E-state index in [1.165, 1.54) is 32.7 Å². The molecule has 2 nitrogen and oxygen atoms in total. The van der Waals surface area contributed by atoms with Crippen LogP contribution in [0.25, 0.3) is 76.5 Å². The number of hydrogen-bond donors (Lipinski definition) is 2. The van der Waals surface area contributed by atoms with E-state index < -0.39 is 5.41 Å². The maximum absolute atomic E-state index is 11.3. The van der Waals surface area contributed by atoms with Crippen molar-refractivity contribution in [3.05, 3.63) is 216 Å². The lowest BCUT2D eigenvalue weighted by Gasteiger charge is -2.36. The van der Waals surface area contributed by atoms with Crippen LogP contribution in [0, 0.1) is 0 Å². The Morgan fingerprint density at radius 2 is 0.636 bits per heavy atom. The van der Waals surface area contributed by atoms with Crippen molar-refractivity contribution in [3.8, 4) is 44.9 Å². The Morgan fingerprint density at radius 1 is 0.273 bits per heavy atom. The van der Waals surface area contributed by atoms with Crippen molar-refractivity contribution in [2.24, 2.45) is 0 Å². The topological polar surface area (TPSA) is 40.5 Å². The van der Waals surface area contributed by atoms with Crippen molar-refractivity contribution < 1.29 is 10.2 Å². The molecule has 0 amide bonds. The van der Waals surface area contributed by atoms with Gasteiger partial charge in [0.25, 0.3) is 0 Å². The molecule has 0 fully saturated rings. The van der Waals surface area contributed by atoms with Gasteiger partial charge in [0.05, 0.1) is 5.41 Å². The Bertz CT molecular complexity index is 2960. The van der Waals surface area contributed by atoms with Gasteiger partial charge in [0.2, 0.25) is 0 Å². The van der Waals surface area contributed by atoms with Crippen LogP contribution in [-0.4, -0.2) is 10.2 Å². The summed E-state index contributed by atoms with van der Waals surface area (Å²) < 4.78 is 0. The average Bonchev–Trinajstić information content (AvgIpc) is 3.53. The van der Waals surface area contributed by atoms with Crippen molar-refractivity contribution >= 4 is 43.1 Å². The minimum absolute atomic E-state index is 0.251. The highest BCUT2D eigenvalue weighted by Gasteiger charge is 2.48. The van der Waals surface area contributed by atoms with Gasteiger partial charge < -0.3 is 10.2 Å². The second kappa shape index (κ2) is 11.9. The van der Waals surface area contributed by atoms with Gasteiger partial charge >= 0.3 is 0 Å². The number of phenolic OH excluding ortho intramolecular Hbond substituents is 2. The summed E-state index contributed by atoms with van der Waals surface area (Å²) in [5, 5.41) is 30.9. The van der Waals surface area contributed by atoms with E-state index >= 15 is 0 Å². The van der Waals surface area contributed by atoms with Gasteiger partial charge in [-0.05, 0) is 112 Å². The second-order valence-corrected chi connectivity index (χ2v) is 14.7. The summed E-state index contributed by atoms with van der Waals surface area (Å²) in [6, 6.07) is 68.5. The predicted molar refractivity (Wildman–Crippen MR) is 228 cm³/mol. The molecule has 11 rings (SSSR count). The molecule has 55 heavy (non-hydrogen) atoms. The molecule has 10 aromatic rings. The van der Waals surface area contributed by atoms with Crippen LogP contribution in [0.1, 0.15) is 22.3 Å². The van der Waals surface area contributed by atoms with Crippen molar-refractivity contribution in [2.75, 3.05) is 0 Å². The molecule has 0 saturated heterocycles. The summed E-state index contributed by atoms with van der Waals surface area (Å²) in [7, 11) is 0. The van der Waals surface area contributed by atoms with Gasteiger partial charge in [0, 0.05) is 10.8 Å². The van der Waals surface area contributed by atoms with Crippen LogP contribution in [0.4, 0.5) is 0 Å². The molecule has 0 spiro atoms. The second-order valence-electron chi connectivity index (χ2n) is 14.7. The van der Waals surface area contributed by atoms with E-state index in [9.17, 15) is 10.2 Å². The van der Waals surface area contributed by atoms with E-state index in [1.807, 2.05) is 36.4 Å². The van der Waals surface area contributed by atoms with Crippen LogP contribution in [0.3, 0.4) is 0 Å². The number of hydrogen-bond acceptors (Lipinski definition) is 2. The van der Waals surface area contributed by atoms with E-state index in [1.54, 1.807) is 0 Å². The zero-order chi connectivity index (χ0) is 36.7. The summed E-state index contributed by atoms with van der Waals surface area (Å²) in [6.45, 7) is 0. The average molecular weight is 703 g/mol. The highest BCUT2D eigenvalue weighted by molar-refractivity contribution is 6.04. The first-order valence-corrected chi connectivity index (χ1v) is 18.8. The third-order valence-corrected chi connectivity index (χ3v) is 11.9. The molecule has 0 bridgehead atoms. The number of phenols is 2. The fourth-order valence-corrected chi connectivity index (χ4v) is 9.57. The van der Waals surface area contributed by atoms with Crippen molar-refractivity contribution in [2.45, 2.75) is 5.41 Å². The van der Waals surface area contributed by atoms with E-state index in [4.69, 9.17) is 0 Å². The van der Waals surface area contributed by atoms with Crippen LogP contribution >= 0.6 is 0 Å². The van der Waals surface area contributed by atoms with Gasteiger partial charge in [-0.15, -0.1) is 0 Å². The van der Waals surface area contributed by atoms with Gasteiger partial charge in [-0.3, -0.25) is 0 Å². The maximum atomic E-state index is 11.3. The Labute approximate surface area is 318 Å². The largest absolute Gasteiger partial charge is 0.507 e. The maximum Gasteiger partial charge on any atom is 0.123 e. The molecular formula is C53H34O2. The molecule has 0 unspecified atom stereocenters. The molecule has 1 aliphatic carbocycles. The van der Waals surface area contributed by atoms with Crippen LogP contribution in [0.15, 0.2) is 194 Å². The third kappa shape index (κ3) is 4.49. The van der Waals surface area contributed by atoms with Crippen molar-refractivity contribution in [3.63, 3.8) is 0 Å². The molecule has 0 aliphatic heterocycles. The molecule has 2 heteroatoms. The fourth-order valence-electron chi connectivity index (χ4n) is 9.57.